The number of hydrogen-bond acceptors (Lipinski definition) is 5. The smallest absolute Gasteiger partial charge is 0.340 e. The number of carbonyl (C=O) groups is 2. The Kier molecular flexibility index (Phi) is 7.00. The molecule has 2 aromatic rings. The van der Waals surface area contributed by atoms with Gasteiger partial charge in [0.15, 0.2) is 0 Å². The molecule has 0 radical (unpaired) electrons. The molecule has 1 saturated heterocycles. The molecule has 0 aliphatic carbocycles. The lowest BCUT2D eigenvalue weighted by Gasteiger charge is -2.34. The van der Waals surface area contributed by atoms with E-state index in [1.807, 2.05) is 0 Å². The molecule has 31 heavy (non-hydrogen) atoms. The predicted molar refractivity (Wildman–Crippen MR) is 117 cm³/mol. The first-order valence-corrected chi connectivity index (χ1v) is 11.9. The normalized spacial score (nSPS) is 15.2. The Bertz CT molecular complexity index is 1120. The first kappa shape index (κ1) is 23.6. The number of carbonyl (C=O) groups excluding carboxylic acids is 2. The van der Waals surface area contributed by atoms with Crippen LogP contribution in [0.5, 0.6) is 0 Å². The van der Waals surface area contributed by atoms with E-state index in [1.165, 1.54) is 22.5 Å². The topological polar surface area (TPSA) is 99.8 Å². The van der Waals surface area contributed by atoms with Gasteiger partial charge in [0.2, 0.25) is 10.0 Å². The molecule has 0 spiro atoms. The van der Waals surface area contributed by atoms with Crippen LogP contribution in [0.15, 0.2) is 23.1 Å². The summed E-state index contributed by atoms with van der Waals surface area (Å²) in [5.41, 5.74) is 1.72. The molecular weight excluding hydrogens is 465 g/mol. The van der Waals surface area contributed by atoms with Crippen LogP contribution in [-0.2, 0) is 14.8 Å². The largest absolute Gasteiger partial charge is 0.462 e. The van der Waals surface area contributed by atoms with Gasteiger partial charge < -0.3 is 14.6 Å². The molecule has 0 atom stereocenters. The van der Waals surface area contributed by atoms with Crippen molar-refractivity contribution >= 4 is 45.1 Å². The number of aromatic nitrogens is 1. The Labute approximate surface area is 191 Å². The maximum absolute atomic E-state index is 13.0. The van der Waals surface area contributed by atoms with Crippen molar-refractivity contribution in [3.05, 3.63) is 50.8 Å². The fourth-order valence-electron chi connectivity index (χ4n) is 3.59. The average Bonchev–Trinajstić information content (AvgIpc) is 3.03. The van der Waals surface area contributed by atoms with Crippen LogP contribution in [0.3, 0.4) is 0 Å². The summed E-state index contributed by atoms with van der Waals surface area (Å²) in [7, 11) is -3.85. The van der Waals surface area contributed by atoms with Gasteiger partial charge in [0.1, 0.15) is 10.6 Å². The van der Waals surface area contributed by atoms with E-state index in [0.29, 0.717) is 22.5 Å². The molecule has 8 nitrogen and oxygen atoms in total. The number of aryl methyl sites for hydroxylation is 1. The van der Waals surface area contributed by atoms with Crippen LogP contribution in [-0.4, -0.2) is 67.3 Å². The summed E-state index contributed by atoms with van der Waals surface area (Å²) in [5, 5.41) is 0.137. The number of piperazine rings is 1. The Hall–Kier alpha value is -2.07. The maximum atomic E-state index is 13.0. The number of esters is 1. The quantitative estimate of drug-likeness (QED) is 0.652. The summed E-state index contributed by atoms with van der Waals surface area (Å²) in [6.45, 7) is 5.95. The third kappa shape index (κ3) is 4.45. The highest BCUT2D eigenvalue weighted by atomic mass is 35.5. The van der Waals surface area contributed by atoms with Gasteiger partial charge in [0.05, 0.1) is 22.2 Å². The van der Waals surface area contributed by atoms with Crippen LogP contribution in [0.25, 0.3) is 0 Å². The number of hydrogen-bond donors (Lipinski definition) is 1. The molecule has 11 heteroatoms. The summed E-state index contributed by atoms with van der Waals surface area (Å²) in [4.78, 5) is 29.7. The summed E-state index contributed by atoms with van der Waals surface area (Å²) >= 11 is 12.1. The summed E-state index contributed by atoms with van der Waals surface area (Å²) in [5.74, 6) is -0.781. The standard InChI is InChI=1S/C20H23Cl2N3O5S/c1-4-30-20(27)16-12(2)18(23-13(16)3)19(26)24-8-10-25(11-9-24)31(28,29)15-7-5-6-14(21)17(15)22/h5-7,23H,4,8-11H2,1-3H3. The number of nitrogens with one attached hydrogen (secondary N) is 1. The molecule has 0 unspecified atom stereocenters. The van der Waals surface area contributed by atoms with Gasteiger partial charge in [-0.1, -0.05) is 29.3 Å². The van der Waals surface area contributed by atoms with Crippen LogP contribution in [0.1, 0.15) is 39.0 Å². The van der Waals surface area contributed by atoms with E-state index in [2.05, 4.69) is 4.98 Å². The molecule has 1 aliphatic rings. The molecule has 1 N–H and O–H groups in total. The zero-order chi connectivity index (χ0) is 22.9. The highest BCUT2D eigenvalue weighted by molar-refractivity contribution is 7.89. The van der Waals surface area contributed by atoms with E-state index >= 15 is 0 Å². The van der Waals surface area contributed by atoms with E-state index in [-0.39, 0.29) is 53.6 Å². The molecule has 0 saturated carbocycles. The first-order valence-electron chi connectivity index (χ1n) is 9.69. The predicted octanol–water partition coefficient (Wildman–Crippen LogP) is 3.26. The number of nitrogens with zero attached hydrogens (tertiary/aromatic N) is 2. The minimum Gasteiger partial charge on any atom is -0.462 e. The number of sulfonamides is 1. The average molecular weight is 488 g/mol. The summed E-state index contributed by atoms with van der Waals surface area (Å²) in [6.07, 6.45) is 0. The van der Waals surface area contributed by atoms with Crippen LogP contribution in [0.2, 0.25) is 10.0 Å². The lowest BCUT2D eigenvalue weighted by atomic mass is 10.1. The fraction of sp³-hybridized carbons (Fsp3) is 0.400. The summed E-state index contributed by atoms with van der Waals surface area (Å²) < 4.78 is 32.3. The van der Waals surface area contributed by atoms with E-state index in [1.54, 1.807) is 25.7 Å². The number of benzene rings is 1. The van der Waals surface area contributed by atoms with Gasteiger partial charge in [-0.2, -0.15) is 4.31 Å². The molecule has 168 valence electrons. The lowest BCUT2D eigenvalue weighted by molar-refractivity contribution is 0.0525. The van der Waals surface area contributed by atoms with Crippen molar-refractivity contribution in [2.75, 3.05) is 32.8 Å². The lowest BCUT2D eigenvalue weighted by Crippen LogP contribution is -2.50. The zero-order valence-electron chi connectivity index (χ0n) is 17.4. The van der Waals surface area contributed by atoms with Crippen LogP contribution in [0, 0.1) is 13.8 Å². The van der Waals surface area contributed by atoms with Crippen molar-refractivity contribution in [1.82, 2.24) is 14.2 Å². The highest BCUT2D eigenvalue weighted by Crippen LogP contribution is 2.31. The number of H-pyrrole nitrogens is 1. The van der Waals surface area contributed by atoms with Gasteiger partial charge in [0.25, 0.3) is 5.91 Å². The van der Waals surface area contributed by atoms with Crippen LogP contribution < -0.4 is 0 Å². The Balaban J connectivity index is 1.76. The van der Waals surface area contributed by atoms with E-state index in [4.69, 9.17) is 27.9 Å². The van der Waals surface area contributed by atoms with E-state index in [0.717, 1.165) is 0 Å². The molecule has 1 aliphatic heterocycles. The molecular formula is C20H23Cl2N3O5S. The van der Waals surface area contributed by atoms with Gasteiger partial charge in [-0.3, -0.25) is 4.79 Å². The first-order chi connectivity index (χ1) is 14.6. The Morgan fingerprint density at radius 2 is 1.77 bits per heavy atom. The van der Waals surface area contributed by atoms with Crippen molar-refractivity contribution in [3.63, 3.8) is 0 Å². The SMILES string of the molecule is CCOC(=O)c1c(C)[nH]c(C(=O)N2CCN(S(=O)(=O)c3cccc(Cl)c3Cl)CC2)c1C. The number of rotatable bonds is 5. The Morgan fingerprint density at radius 1 is 1.13 bits per heavy atom. The monoisotopic (exact) mass is 487 g/mol. The van der Waals surface area contributed by atoms with E-state index in [9.17, 15) is 18.0 Å². The van der Waals surface area contributed by atoms with Crippen molar-refractivity contribution < 1.29 is 22.7 Å². The number of halogens is 2. The third-order valence-electron chi connectivity index (χ3n) is 5.19. The summed E-state index contributed by atoms with van der Waals surface area (Å²) in [6, 6.07) is 4.45. The van der Waals surface area contributed by atoms with Gasteiger partial charge in [-0.15, -0.1) is 0 Å². The van der Waals surface area contributed by atoms with E-state index < -0.39 is 16.0 Å². The van der Waals surface area contributed by atoms with Gasteiger partial charge >= 0.3 is 5.97 Å². The van der Waals surface area contributed by atoms with Crippen molar-refractivity contribution in [1.29, 1.82) is 0 Å². The van der Waals surface area contributed by atoms with Crippen LogP contribution >= 0.6 is 23.2 Å². The van der Waals surface area contributed by atoms with Crippen molar-refractivity contribution in [3.8, 4) is 0 Å². The fourth-order valence-corrected chi connectivity index (χ4v) is 5.74. The maximum Gasteiger partial charge on any atom is 0.340 e. The third-order valence-corrected chi connectivity index (χ3v) is 8.06. The van der Waals surface area contributed by atoms with Gasteiger partial charge in [0, 0.05) is 31.9 Å². The number of ether oxygens (including phenoxy) is 1. The second-order valence-corrected chi connectivity index (χ2v) is 9.79. The molecule has 3 rings (SSSR count). The second kappa shape index (κ2) is 9.20. The van der Waals surface area contributed by atoms with Crippen molar-refractivity contribution in [2.24, 2.45) is 0 Å². The molecule has 1 amide bonds. The number of amides is 1. The molecule has 1 fully saturated rings. The number of aromatic amines is 1. The van der Waals surface area contributed by atoms with Gasteiger partial charge in [-0.25, -0.2) is 13.2 Å². The highest BCUT2D eigenvalue weighted by Gasteiger charge is 2.33. The van der Waals surface area contributed by atoms with Crippen LogP contribution in [0.4, 0.5) is 0 Å². The molecule has 1 aromatic carbocycles. The molecule has 0 bridgehead atoms. The minimum atomic E-state index is -3.85. The molecule has 1 aromatic heterocycles. The van der Waals surface area contributed by atoms with Crippen molar-refractivity contribution in [2.45, 2.75) is 25.7 Å². The Morgan fingerprint density at radius 3 is 2.39 bits per heavy atom. The second-order valence-electron chi connectivity index (χ2n) is 7.09. The molecule has 2 heterocycles. The zero-order valence-corrected chi connectivity index (χ0v) is 19.7. The van der Waals surface area contributed by atoms with Gasteiger partial charge in [-0.05, 0) is 38.5 Å². The minimum absolute atomic E-state index is 0.0216.